The number of hydrogen-bond donors (Lipinski definition) is 2. The summed E-state index contributed by atoms with van der Waals surface area (Å²) < 4.78 is 0. The number of carbonyl (C=O) groups excluding carboxylic acids is 1. The third kappa shape index (κ3) is 3.27. The van der Waals surface area contributed by atoms with E-state index in [2.05, 4.69) is 5.32 Å². The van der Waals surface area contributed by atoms with Gasteiger partial charge in [0.25, 0.3) is 0 Å². The molecule has 0 radical (unpaired) electrons. The minimum absolute atomic E-state index is 0.190. The Morgan fingerprint density at radius 3 is 2.65 bits per heavy atom. The first-order valence-corrected chi connectivity index (χ1v) is 6.83. The van der Waals surface area contributed by atoms with E-state index in [0.717, 1.165) is 16.5 Å². The molecule has 0 heterocycles. The molecule has 0 aliphatic carbocycles. The SMILES string of the molecule is CCN(C[C@H](C)O)C(=O)Nc1cccc2ccccc12. The molecule has 0 unspecified atom stereocenters. The Hall–Kier alpha value is -2.07. The maximum Gasteiger partial charge on any atom is 0.321 e. The molecule has 0 saturated heterocycles. The fourth-order valence-electron chi connectivity index (χ4n) is 2.20. The molecule has 0 saturated carbocycles. The molecule has 0 aliphatic heterocycles. The minimum atomic E-state index is -0.534. The van der Waals surface area contributed by atoms with Gasteiger partial charge < -0.3 is 15.3 Å². The smallest absolute Gasteiger partial charge is 0.321 e. The van der Waals surface area contributed by atoms with Crippen molar-refractivity contribution in [1.29, 1.82) is 0 Å². The van der Waals surface area contributed by atoms with E-state index in [4.69, 9.17) is 0 Å². The van der Waals surface area contributed by atoms with E-state index in [1.165, 1.54) is 0 Å². The minimum Gasteiger partial charge on any atom is -0.392 e. The summed E-state index contributed by atoms with van der Waals surface area (Å²) in [6.07, 6.45) is -0.534. The maximum atomic E-state index is 12.2. The summed E-state index contributed by atoms with van der Waals surface area (Å²) in [4.78, 5) is 13.8. The molecular formula is C16H20N2O2. The number of fused-ring (bicyclic) bond motifs is 1. The summed E-state index contributed by atoms with van der Waals surface area (Å²) in [5.74, 6) is 0. The molecule has 2 N–H and O–H groups in total. The Kier molecular flexibility index (Phi) is 4.58. The molecule has 0 aromatic heterocycles. The Morgan fingerprint density at radius 2 is 1.95 bits per heavy atom. The van der Waals surface area contributed by atoms with E-state index in [1.807, 2.05) is 49.4 Å². The average molecular weight is 272 g/mol. The Bertz CT molecular complexity index is 591. The highest BCUT2D eigenvalue weighted by Gasteiger charge is 2.14. The number of likely N-dealkylation sites (N-methyl/N-ethyl adjacent to an activating group) is 1. The van der Waals surface area contributed by atoms with Crippen LogP contribution in [0.5, 0.6) is 0 Å². The largest absolute Gasteiger partial charge is 0.392 e. The molecule has 0 bridgehead atoms. The van der Waals surface area contributed by atoms with Gasteiger partial charge in [-0.05, 0) is 25.3 Å². The summed E-state index contributed by atoms with van der Waals surface area (Å²) in [5, 5.41) is 14.4. The number of hydrogen-bond acceptors (Lipinski definition) is 2. The molecular weight excluding hydrogens is 252 g/mol. The van der Waals surface area contributed by atoms with Crippen LogP contribution in [0.25, 0.3) is 10.8 Å². The number of aliphatic hydroxyl groups excluding tert-OH is 1. The van der Waals surface area contributed by atoms with E-state index >= 15 is 0 Å². The van der Waals surface area contributed by atoms with Gasteiger partial charge in [-0.15, -0.1) is 0 Å². The molecule has 106 valence electrons. The van der Waals surface area contributed by atoms with Gasteiger partial charge in [-0.2, -0.15) is 0 Å². The van der Waals surface area contributed by atoms with E-state index in [0.29, 0.717) is 13.1 Å². The molecule has 2 aromatic carbocycles. The average Bonchev–Trinajstić information content (AvgIpc) is 2.45. The van der Waals surface area contributed by atoms with Crippen molar-refractivity contribution in [3.05, 3.63) is 42.5 Å². The van der Waals surface area contributed by atoms with Crippen molar-refractivity contribution >= 4 is 22.5 Å². The van der Waals surface area contributed by atoms with Crippen molar-refractivity contribution in [1.82, 2.24) is 4.90 Å². The number of rotatable bonds is 4. The van der Waals surface area contributed by atoms with Crippen LogP contribution in [0.1, 0.15) is 13.8 Å². The van der Waals surface area contributed by atoms with Crippen molar-refractivity contribution in [2.24, 2.45) is 0 Å². The second kappa shape index (κ2) is 6.39. The number of benzene rings is 2. The van der Waals surface area contributed by atoms with Gasteiger partial charge in [-0.3, -0.25) is 0 Å². The van der Waals surface area contributed by atoms with Gasteiger partial charge >= 0.3 is 6.03 Å². The number of carbonyl (C=O) groups is 1. The number of amides is 2. The van der Waals surface area contributed by atoms with Gasteiger partial charge in [-0.25, -0.2) is 4.79 Å². The van der Waals surface area contributed by atoms with Crippen molar-refractivity contribution in [3.63, 3.8) is 0 Å². The predicted octanol–water partition coefficient (Wildman–Crippen LogP) is 3.07. The fourth-order valence-corrected chi connectivity index (χ4v) is 2.20. The lowest BCUT2D eigenvalue weighted by atomic mass is 10.1. The lowest BCUT2D eigenvalue weighted by molar-refractivity contribution is 0.141. The zero-order valence-electron chi connectivity index (χ0n) is 11.8. The fraction of sp³-hybridized carbons (Fsp3) is 0.312. The zero-order valence-corrected chi connectivity index (χ0v) is 11.8. The summed E-state index contributed by atoms with van der Waals surface area (Å²) in [6.45, 7) is 4.45. The highest BCUT2D eigenvalue weighted by atomic mass is 16.3. The van der Waals surface area contributed by atoms with Gasteiger partial charge in [0.1, 0.15) is 0 Å². The van der Waals surface area contributed by atoms with E-state index in [-0.39, 0.29) is 6.03 Å². The second-order valence-electron chi connectivity index (χ2n) is 4.84. The summed E-state index contributed by atoms with van der Waals surface area (Å²) in [7, 11) is 0. The van der Waals surface area contributed by atoms with Crippen LogP contribution in [0.3, 0.4) is 0 Å². The first-order chi connectivity index (χ1) is 9.61. The standard InChI is InChI=1S/C16H20N2O2/c1-3-18(11-12(2)19)16(20)17-15-10-6-8-13-7-4-5-9-14(13)15/h4-10,12,19H,3,11H2,1-2H3,(H,17,20)/t12-/m0/s1. The third-order valence-corrected chi connectivity index (χ3v) is 3.18. The molecule has 2 aromatic rings. The van der Waals surface area contributed by atoms with Crippen molar-refractivity contribution in [2.75, 3.05) is 18.4 Å². The molecule has 1 atom stereocenters. The van der Waals surface area contributed by atoms with Gasteiger partial charge in [0.15, 0.2) is 0 Å². The van der Waals surface area contributed by atoms with Crippen LogP contribution in [0.4, 0.5) is 10.5 Å². The second-order valence-corrected chi connectivity index (χ2v) is 4.84. The monoisotopic (exact) mass is 272 g/mol. The third-order valence-electron chi connectivity index (χ3n) is 3.18. The highest BCUT2D eigenvalue weighted by Crippen LogP contribution is 2.23. The number of nitrogens with zero attached hydrogens (tertiary/aromatic N) is 1. The molecule has 0 aliphatic rings. The van der Waals surface area contributed by atoms with Gasteiger partial charge in [-0.1, -0.05) is 36.4 Å². The van der Waals surface area contributed by atoms with Crippen LogP contribution in [0.15, 0.2) is 42.5 Å². The van der Waals surface area contributed by atoms with Crippen molar-refractivity contribution in [2.45, 2.75) is 20.0 Å². The van der Waals surface area contributed by atoms with Crippen LogP contribution < -0.4 is 5.32 Å². The number of anilines is 1. The number of nitrogens with one attached hydrogen (secondary N) is 1. The first kappa shape index (κ1) is 14.3. The lowest BCUT2D eigenvalue weighted by Gasteiger charge is -2.23. The zero-order chi connectivity index (χ0) is 14.5. The Balaban J connectivity index is 2.21. The molecule has 4 nitrogen and oxygen atoms in total. The van der Waals surface area contributed by atoms with Crippen LogP contribution in [0, 0.1) is 0 Å². The quantitative estimate of drug-likeness (QED) is 0.898. The van der Waals surface area contributed by atoms with E-state index in [1.54, 1.807) is 11.8 Å². The molecule has 2 amide bonds. The molecule has 2 rings (SSSR count). The Morgan fingerprint density at radius 1 is 1.25 bits per heavy atom. The maximum absolute atomic E-state index is 12.2. The highest BCUT2D eigenvalue weighted by molar-refractivity contribution is 6.01. The van der Waals surface area contributed by atoms with Crippen molar-refractivity contribution in [3.8, 4) is 0 Å². The predicted molar refractivity (Wildman–Crippen MR) is 81.9 cm³/mol. The van der Waals surface area contributed by atoms with Crippen LogP contribution in [0.2, 0.25) is 0 Å². The molecule has 0 spiro atoms. The van der Waals surface area contributed by atoms with Crippen LogP contribution in [-0.2, 0) is 0 Å². The molecule has 20 heavy (non-hydrogen) atoms. The van der Waals surface area contributed by atoms with Crippen molar-refractivity contribution < 1.29 is 9.90 Å². The van der Waals surface area contributed by atoms with Gasteiger partial charge in [0, 0.05) is 18.5 Å². The van der Waals surface area contributed by atoms with Gasteiger partial charge in [0.05, 0.1) is 11.8 Å². The van der Waals surface area contributed by atoms with Gasteiger partial charge in [0.2, 0.25) is 0 Å². The van der Waals surface area contributed by atoms with E-state index < -0.39 is 6.10 Å². The topological polar surface area (TPSA) is 52.6 Å². The van der Waals surface area contributed by atoms with Crippen LogP contribution in [-0.4, -0.2) is 35.2 Å². The first-order valence-electron chi connectivity index (χ1n) is 6.83. The number of urea groups is 1. The summed E-state index contributed by atoms with van der Waals surface area (Å²) in [5.41, 5.74) is 0.789. The summed E-state index contributed by atoms with van der Waals surface area (Å²) >= 11 is 0. The molecule has 4 heteroatoms. The molecule has 0 fully saturated rings. The number of aliphatic hydroxyl groups is 1. The van der Waals surface area contributed by atoms with E-state index in [9.17, 15) is 9.90 Å². The Labute approximate surface area is 119 Å². The summed E-state index contributed by atoms with van der Waals surface area (Å²) in [6, 6.07) is 13.5. The normalized spacial score (nSPS) is 12.2. The van der Waals surface area contributed by atoms with Crippen LogP contribution >= 0.6 is 0 Å². The lowest BCUT2D eigenvalue weighted by Crippen LogP contribution is -2.39.